The fraction of sp³-hybridized carbons (Fsp3) is 0.900. The summed E-state index contributed by atoms with van der Waals surface area (Å²) in [4.78, 5) is 13.6. The molecule has 1 amide bonds. The Hall–Kier alpha value is -0.420. The molecule has 1 unspecified atom stereocenters. The molecule has 0 aromatic heterocycles. The summed E-state index contributed by atoms with van der Waals surface area (Å²) in [6, 6.07) is 0. The van der Waals surface area contributed by atoms with Crippen LogP contribution in [0.3, 0.4) is 0 Å². The molecule has 15 heavy (non-hydrogen) atoms. The maximum absolute atomic E-state index is 11.8. The van der Waals surface area contributed by atoms with Gasteiger partial charge in [-0.2, -0.15) is 0 Å². The molecule has 5 heteroatoms. The molecule has 4 nitrogen and oxygen atoms in total. The van der Waals surface area contributed by atoms with Crippen molar-refractivity contribution >= 4 is 17.9 Å². The summed E-state index contributed by atoms with van der Waals surface area (Å²) >= 11 is 1.67. The number of amides is 1. The number of nitrogens with zero attached hydrogens (tertiary/aromatic N) is 1. The molecular weight excluding hydrogens is 212 g/mol. The summed E-state index contributed by atoms with van der Waals surface area (Å²) < 4.78 is 5.36. The predicted molar refractivity (Wildman–Crippen MR) is 63.1 cm³/mol. The zero-order chi connectivity index (χ0) is 11.5. The van der Waals surface area contributed by atoms with Crippen LogP contribution in [0.4, 0.5) is 4.79 Å². The molecule has 1 aliphatic rings. The molecule has 1 heterocycles. The van der Waals surface area contributed by atoms with E-state index in [1.165, 1.54) is 0 Å². The van der Waals surface area contributed by atoms with Crippen LogP contribution in [0, 0.1) is 0 Å². The third-order valence-corrected chi connectivity index (χ3v) is 3.06. The van der Waals surface area contributed by atoms with Gasteiger partial charge < -0.3 is 10.1 Å². The molecule has 1 fully saturated rings. The normalized spacial score (nSPS) is 22.7. The zero-order valence-electron chi connectivity index (χ0n) is 9.87. The molecule has 1 saturated heterocycles. The summed E-state index contributed by atoms with van der Waals surface area (Å²) in [5.74, 6) is 0. The Morgan fingerprint density at radius 2 is 2.20 bits per heavy atom. The van der Waals surface area contributed by atoms with Gasteiger partial charge in [-0.3, -0.25) is 4.90 Å². The lowest BCUT2D eigenvalue weighted by Crippen LogP contribution is -2.53. The quantitative estimate of drug-likeness (QED) is 0.744. The minimum absolute atomic E-state index is 0.189. The molecule has 0 spiro atoms. The van der Waals surface area contributed by atoms with Crippen molar-refractivity contribution in [2.45, 2.75) is 31.7 Å². The number of hydrogen-bond acceptors (Lipinski definition) is 4. The smallest absolute Gasteiger partial charge is 0.411 e. The summed E-state index contributed by atoms with van der Waals surface area (Å²) in [5, 5.41) is 3.45. The lowest BCUT2D eigenvalue weighted by Gasteiger charge is -2.36. The van der Waals surface area contributed by atoms with E-state index in [2.05, 4.69) is 5.32 Å². The monoisotopic (exact) mass is 232 g/mol. The number of carbonyl (C=O) groups is 1. The van der Waals surface area contributed by atoms with Crippen molar-refractivity contribution in [1.29, 1.82) is 0 Å². The number of nitrogens with one attached hydrogen (secondary N) is 1. The lowest BCUT2D eigenvalue weighted by atomic mass is 10.2. The van der Waals surface area contributed by atoms with Gasteiger partial charge in [-0.05, 0) is 27.0 Å². The van der Waals surface area contributed by atoms with Crippen molar-refractivity contribution in [2.75, 3.05) is 25.9 Å². The van der Waals surface area contributed by atoms with E-state index >= 15 is 0 Å². The van der Waals surface area contributed by atoms with E-state index in [4.69, 9.17) is 4.74 Å². The molecule has 0 radical (unpaired) electrons. The van der Waals surface area contributed by atoms with E-state index < -0.39 is 5.60 Å². The second-order valence-corrected chi connectivity index (χ2v) is 5.58. The van der Waals surface area contributed by atoms with Gasteiger partial charge in [-0.25, -0.2) is 4.79 Å². The molecule has 88 valence electrons. The van der Waals surface area contributed by atoms with Crippen LogP contribution in [-0.2, 0) is 4.74 Å². The Labute approximate surface area is 95.7 Å². The number of hydrogen-bond donors (Lipinski definition) is 1. The molecule has 1 rings (SSSR count). The standard InChI is InChI=1S/C10H20N2O2S/c1-10(2,3)14-9(13)12-6-5-11-7-8(12)15-4/h8,11H,5-7H2,1-4H3. The highest BCUT2D eigenvalue weighted by Crippen LogP contribution is 2.18. The molecule has 0 aromatic rings. The number of piperazine rings is 1. The summed E-state index contributed by atoms with van der Waals surface area (Å²) in [6.07, 6.45) is 1.80. The third-order valence-electron chi connectivity index (χ3n) is 2.10. The molecule has 1 aliphatic heterocycles. The van der Waals surface area contributed by atoms with E-state index in [9.17, 15) is 4.79 Å². The number of rotatable bonds is 1. The first-order chi connectivity index (χ1) is 6.94. The Morgan fingerprint density at radius 3 is 2.73 bits per heavy atom. The first-order valence-corrected chi connectivity index (χ1v) is 6.46. The topological polar surface area (TPSA) is 41.6 Å². The molecular formula is C10H20N2O2S. The van der Waals surface area contributed by atoms with Gasteiger partial charge >= 0.3 is 6.09 Å². The molecule has 0 aliphatic carbocycles. The fourth-order valence-corrected chi connectivity index (χ4v) is 2.15. The highest BCUT2D eigenvalue weighted by atomic mass is 32.2. The largest absolute Gasteiger partial charge is 0.444 e. The average Bonchev–Trinajstić information content (AvgIpc) is 2.15. The van der Waals surface area contributed by atoms with Crippen molar-refractivity contribution in [2.24, 2.45) is 0 Å². The minimum atomic E-state index is -0.412. The van der Waals surface area contributed by atoms with E-state index in [1.54, 1.807) is 16.7 Å². The minimum Gasteiger partial charge on any atom is -0.444 e. The van der Waals surface area contributed by atoms with Crippen molar-refractivity contribution in [3.63, 3.8) is 0 Å². The van der Waals surface area contributed by atoms with Crippen LogP contribution in [0.5, 0.6) is 0 Å². The first kappa shape index (κ1) is 12.6. The molecule has 0 bridgehead atoms. The van der Waals surface area contributed by atoms with E-state index in [1.807, 2.05) is 27.0 Å². The van der Waals surface area contributed by atoms with Crippen LogP contribution < -0.4 is 5.32 Å². The number of thioether (sulfide) groups is 1. The molecule has 1 N–H and O–H groups in total. The van der Waals surface area contributed by atoms with Crippen LogP contribution in [-0.4, -0.2) is 47.9 Å². The fourth-order valence-electron chi connectivity index (χ4n) is 1.42. The van der Waals surface area contributed by atoms with E-state index in [0.717, 1.165) is 19.6 Å². The predicted octanol–water partition coefficient (Wildman–Crippen LogP) is 1.52. The average molecular weight is 232 g/mol. The SMILES string of the molecule is CSC1CNCCN1C(=O)OC(C)(C)C. The number of ether oxygens (including phenoxy) is 1. The van der Waals surface area contributed by atoms with E-state index in [-0.39, 0.29) is 11.5 Å². The van der Waals surface area contributed by atoms with E-state index in [0.29, 0.717) is 0 Å². The highest BCUT2D eigenvalue weighted by Gasteiger charge is 2.29. The Balaban J connectivity index is 2.56. The Morgan fingerprint density at radius 1 is 1.53 bits per heavy atom. The van der Waals surface area contributed by atoms with Gasteiger partial charge in [0.1, 0.15) is 5.60 Å². The van der Waals surface area contributed by atoms with Crippen molar-refractivity contribution in [3.05, 3.63) is 0 Å². The molecule has 0 aromatic carbocycles. The van der Waals surface area contributed by atoms with Gasteiger partial charge in [-0.15, -0.1) is 11.8 Å². The van der Waals surface area contributed by atoms with Crippen molar-refractivity contribution in [3.8, 4) is 0 Å². The first-order valence-electron chi connectivity index (χ1n) is 5.17. The summed E-state index contributed by atoms with van der Waals surface area (Å²) in [7, 11) is 0. The van der Waals surface area contributed by atoms with Gasteiger partial charge in [0, 0.05) is 19.6 Å². The summed E-state index contributed by atoms with van der Waals surface area (Å²) in [6.45, 7) is 8.07. The van der Waals surface area contributed by atoms with Crippen molar-refractivity contribution in [1.82, 2.24) is 10.2 Å². The maximum atomic E-state index is 11.8. The molecule has 1 atom stereocenters. The van der Waals surface area contributed by atoms with Crippen LogP contribution in [0.25, 0.3) is 0 Å². The zero-order valence-corrected chi connectivity index (χ0v) is 10.7. The Bertz CT molecular complexity index is 228. The Kier molecular flexibility index (Phi) is 4.28. The van der Waals surface area contributed by atoms with Crippen LogP contribution in [0.2, 0.25) is 0 Å². The van der Waals surface area contributed by atoms with Gasteiger partial charge in [-0.1, -0.05) is 0 Å². The van der Waals surface area contributed by atoms with Crippen LogP contribution in [0.1, 0.15) is 20.8 Å². The van der Waals surface area contributed by atoms with Gasteiger partial charge in [0.25, 0.3) is 0 Å². The van der Waals surface area contributed by atoms with Gasteiger partial charge in [0.15, 0.2) is 0 Å². The lowest BCUT2D eigenvalue weighted by molar-refractivity contribution is 0.0201. The second kappa shape index (κ2) is 5.07. The third kappa shape index (κ3) is 3.91. The molecule has 0 saturated carbocycles. The second-order valence-electron chi connectivity index (χ2n) is 4.57. The highest BCUT2D eigenvalue weighted by molar-refractivity contribution is 7.99. The van der Waals surface area contributed by atoms with Gasteiger partial charge in [0.05, 0.1) is 5.37 Å². The van der Waals surface area contributed by atoms with Crippen LogP contribution >= 0.6 is 11.8 Å². The van der Waals surface area contributed by atoms with Crippen molar-refractivity contribution < 1.29 is 9.53 Å². The maximum Gasteiger partial charge on any atom is 0.411 e. The van der Waals surface area contributed by atoms with Crippen LogP contribution in [0.15, 0.2) is 0 Å². The number of carbonyl (C=O) groups excluding carboxylic acids is 1. The summed E-state index contributed by atoms with van der Waals surface area (Å²) in [5.41, 5.74) is -0.412. The van der Waals surface area contributed by atoms with Gasteiger partial charge in [0.2, 0.25) is 0 Å².